The summed E-state index contributed by atoms with van der Waals surface area (Å²) in [5.41, 5.74) is 2.73. The SMILES string of the molecule is C#CCNC(=O)NCCCO[C@H]1CCCc2ccccc21. The van der Waals surface area contributed by atoms with Gasteiger partial charge in [-0.3, -0.25) is 0 Å². The Morgan fingerprint density at radius 1 is 1.38 bits per heavy atom. The van der Waals surface area contributed by atoms with Crippen LogP contribution in [0.4, 0.5) is 4.79 Å². The molecule has 1 aliphatic carbocycles. The summed E-state index contributed by atoms with van der Waals surface area (Å²) in [6, 6.07) is 8.26. The molecule has 1 atom stereocenters. The van der Waals surface area contributed by atoms with Crippen molar-refractivity contribution in [3.05, 3.63) is 35.4 Å². The van der Waals surface area contributed by atoms with Crippen molar-refractivity contribution in [3.8, 4) is 12.3 Å². The van der Waals surface area contributed by atoms with Crippen molar-refractivity contribution in [1.82, 2.24) is 10.6 Å². The normalized spacial score (nSPS) is 16.6. The molecule has 0 bridgehead atoms. The predicted octanol–water partition coefficient (Wildman–Crippen LogP) is 2.40. The van der Waals surface area contributed by atoms with Crippen LogP contribution in [0.15, 0.2) is 24.3 Å². The Bertz CT molecular complexity index is 508. The predicted molar refractivity (Wildman–Crippen MR) is 82.9 cm³/mol. The zero-order valence-electron chi connectivity index (χ0n) is 12.2. The van der Waals surface area contributed by atoms with Crippen molar-refractivity contribution >= 4 is 6.03 Å². The molecule has 4 heteroatoms. The second kappa shape index (κ2) is 8.33. The summed E-state index contributed by atoms with van der Waals surface area (Å²) in [6.45, 7) is 1.49. The Labute approximate surface area is 126 Å². The minimum atomic E-state index is -0.226. The van der Waals surface area contributed by atoms with E-state index in [0.29, 0.717) is 13.2 Å². The Morgan fingerprint density at radius 3 is 3.10 bits per heavy atom. The summed E-state index contributed by atoms with van der Waals surface area (Å²) in [5, 5.41) is 5.31. The summed E-state index contributed by atoms with van der Waals surface area (Å²) in [6.07, 6.45) is 9.45. The molecule has 1 aromatic carbocycles. The van der Waals surface area contributed by atoms with Gasteiger partial charge in [0.25, 0.3) is 0 Å². The van der Waals surface area contributed by atoms with Crippen LogP contribution in [-0.2, 0) is 11.2 Å². The van der Waals surface area contributed by atoms with Crippen LogP contribution < -0.4 is 10.6 Å². The van der Waals surface area contributed by atoms with E-state index in [0.717, 1.165) is 19.3 Å². The first-order valence-corrected chi connectivity index (χ1v) is 7.46. The van der Waals surface area contributed by atoms with Gasteiger partial charge in [0.05, 0.1) is 12.6 Å². The summed E-state index contributed by atoms with van der Waals surface area (Å²) < 4.78 is 5.97. The number of carbonyl (C=O) groups excluding carboxylic acids is 1. The first-order chi connectivity index (χ1) is 10.3. The van der Waals surface area contributed by atoms with E-state index in [4.69, 9.17) is 11.2 Å². The molecule has 0 spiro atoms. The molecular formula is C17H22N2O2. The van der Waals surface area contributed by atoms with Gasteiger partial charge in [-0.15, -0.1) is 6.42 Å². The average molecular weight is 286 g/mol. The van der Waals surface area contributed by atoms with Crippen molar-refractivity contribution in [2.24, 2.45) is 0 Å². The summed E-state index contributed by atoms with van der Waals surface area (Å²) in [7, 11) is 0. The van der Waals surface area contributed by atoms with Gasteiger partial charge in [-0.2, -0.15) is 0 Å². The van der Waals surface area contributed by atoms with Gasteiger partial charge in [-0.1, -0.05) is 30.2 Å². The van der Waals surface area contributed by atoms with Crippen LogP contribution >= 0.6 is 0 Å². The maximum absolute atomic E-state index is 11.3. The Hall–Kier alpha value is -1.99. The van der Waals surface area contributed by atoms with Gasteiger partial charge >= 0.3 is 6.03 Å². The minimum Gasteiger partial charge on any atom is -0.373 e. The van der Waals surface area contributed by atoms with E-state index in [1.807, 2.05) is 0 Å². The Balaban J connectivity index is 1.66. The highest BCUT2D eigenvalue weighted by Crippen LogP contribution is 2.32. The molecular weight excluding hydrogens is 264 g/mol. The van der Waals surface area contributed by atoms with Crippen molar-refractivity contribution in [1.29, 1.82) is 0 Å². The highest BCUT2D eigenvalue weighted by atomic mass is 16.5. The second-order valence-electron chi connectivity index (χ2n) is 5.12. The molecule has 0 aromatic heterocycles. The number of amides is 2. The van der Waals surface area contributed by atoms with Gasteiger partial charge in [-0.25, -0.2) is 4.79 Å². The van der Waals surface area contributed by atoms with E-state index >= 15 is 0 Å². The first kappa shape index (κ1) is 15.4. The lowest BCUT2D eigenvalue weighted by Crippen LogP contribution is -2.36. The topological polar surface area (TPSA) is 50.4 Å². The molecule has 0 saturated carbocycles. The van der Waals surface area contributed by atoms with E-state index in [2.05, 4.69) is 40.8 Å². The smallest absolute Gasteiger partial charge is 0.315 e. The third-order valence-corrected chi connectivity index (χ3v) is 3.59. The quantitative estimate of drug-likeness (QED) is 0.623. The number of rotatable bonds is 6. The molecule has 0 fully saturated rings. The van der Waals surface area contributed by atoms with Crippen LogP contribution in [0.5, 0.6) is 0 Å². The lowest BCUT2D eigenvalue weighted by molar-refractivity contribution is 0.0396. The molecule has 21 heavy (non-hydrogen) atoms. The summed E-state index contributed by atoms with van der Waals surface area (Å²) in [5.74, 6) is 2.36. The Kier molecular flexibility index (Phi) is 6.11. The van der Waals surface area contributed by atoms with Gasteiger partial charge in [0, 0.05) is 13.2 Å². The molecule has 2 rings (SSSR count). The first-order valence-electron chi connectivity index (χ1n) is 7.46. The maximum Gasteiger partial charge on any atom is 0.315 e. The molecule has 4 nitrogen and oxygen atoms in total. The van der Waals surface area contributed by atoms with Crippen LogP contribution in [0, 0.1) is 12.3 Å². The van der Waals surface area contributed by atoms with Gasteiger partial charge in [0.2, 0.25) is 0 Å². The highest BCUT2D eigenvalue weighted by molar-refractivity contribution is 5.73. The summed E-state index contributed by atoms with van der Waals surface area (Å²) >= 11 is 0. The molecule has 1 aliphatic rings. The molecule has 0 aliphatic heterocycles. The third kappa shape index (κ3) is 4.80. The standard InChI is InChI=1S/C17H22N2O2/c1-2-11-18-17(20)19-12-6-13-21-16-10-5-8-14-7-3-4-9-15(14)16/h1,3-4,7,9,16H,5-6,8,10-13H2,(H2,18,19,20)/t16-/m0/s1. The molecule has 2 N–H and O–H groups in total. The molecule has 0 heterocycles. The van der Waals surface area contributed by atoms with Gasteiger partial charge in [-0.05, 0) is 36.8 Å². The van der Waals surface area contributed by atoms with Crippen LogP contribution in [0.1, 0.15) is 36.5 Å². The average Bonchev–Trinajstić information content (AvgIpc) is 2.52. The number of terminal acetylenes is 1. The van der Waals surface area contributed by atoms with Crippen LogP contribution in [0.2, 0.25) is 0 Å². The number of urea groups is 1. The van der Waals surface area contributed by atoms with Crippen LogP contribution in [0.25, 0.3) is 0 Å². The van der Waals surface area contributed by atoms with Crippen molar-refractivity contribution in [2.45, 2.75) is 31.8 Å². The lowest BCUT2D eigenvalue weighted by Gasteiger charge is -2.25. The molecule has 2 amide bonds. The fourth-order valence-electron chi connectivity index (χ4n) is 2.58. The van der Waals surface area contributed by atoms with Gasteiger partial charge in [0.15, 0.2) is 0 Å². The van der Waals surface area contributed by atoms with Crippen molar-refractivity contribution in [3.63, 3.8) is 0 Å². The minimum absolute atomic E-state index is 0.199. The molecule has 1 aromatic rings. The highest BCUT2D eigenvalue weighted by Gasteiger charge is 2.19. The number of hydrogen-bond donors (Lipinski definition) is 2. The van der Waals surface area contributed by atoms with Gasteiger partial charge < -0.3 is 15.4 Å². The van der Waals surface area contributed by atoms with Gasteiger partial charge in [0.1, 0.15) is 0 Å². The fraction of sp³-hybridized carbons (Fsp3) is 0.471. The number of fused-ring (bicyclic) bond motifs is 1. The number of benzene rings is 1. The monoisotopic (exact) mass is 286 g/mol. The lowest BCUT2D eigenvalue weighted by atomic mass is 9.89. The Morgan fingerprint density at radius 2 is 2.24 bits per heavy atom. The van der Waals surface area contributed by atoms with E-state index < -0.39 is 0 Å². The summed E-state index contributed by atoms with van der Waals surface area (Å²) in [4.78, 5) is 11.3. The van der Waals surface area contributed by atoms with Crippen molar-refractivity contribution < 1.29 is 9.53 Å². The second-order valence-corrected chi connectivity index (χ2v) is 5.12. The van der Waals surface area contributed by atoms with Crippen molar-refractivity contribution in [2.75, 3.05) is 19.7 Å². The van der Waals surface area contributed by atoms with E-state index in [1.54, 1.807) is 0 Å². The largest absolute Gasteiger partial charge is 0.373 e. The molecule has 0 saturated heterocycles. The van der Waals surface area contributed by atoms with E-state index in [1.165, 1.54) is 17.5 Å². The molecule has 0 radical (unpaired) electrons. The third-order valence-electron chi connectivity index (χ3n) is 3.59. The number of aryl methyl sites for hydroxylation is 1. The zero-order valence-corrected chi connectivity index (χ0v) is 12.2. The van der Waals surface area contributed by atoms with E-state index in [9.17, 15) is 4.79 Å². The molecule has 112 valence electrons. The maximum atomic E-state index is 11.3. The number of nitrogens with one attached hydrogen (secondary N) is 2. The molecule has 0 unspecified atom stereocenters. The zero-order chi connectivity index (χ0) is 14.9. The fourth-order valence-corrected chi connectivity index (χ4v) is 2.58. The number of ether oxygens (including phenoxy) is 1. The van der Waals surface area contributed by atoms with Crippen LogP contribution in [-0.4, -0.2) is 25.7 Å². The van der Waals surface area contributed by atoms with E-state index in [-0.39, 0.29) is 18.7 Å². The van der Waals surface area contributed by atoms with Crippen LogP contribution in [0.3, 0.4) is 0 Å². The number of hydrogen-bond acceptors (Lipinski definition) is 2. The number of carbonyl (C=O) groups is 1.